The number of ether oxygens (including phenoxy) is 1. The van der Waals surface area contributed by atoms with Crippen molar-refractivity contribution in [1.29, 1.82) is 0 Å². The maximum atomic E-state index is 13.7. The molecule has 1 aromatic carbocycles. The van der Waals surface area contributed by atoms with Crippen molar-refractivity contribution < 1.29 is 9.53 Å². The van der Waals surface area contributed by atoms with Crippen molar-refractivity contribution in [3.8, 4) is 0 Å². The van der Waals surface area contributed by atoms with E-state index in [0.717, 1.165) is 38.0 Å². The molecule has 164 valence electrons. The Kier molecular flexibility index (Phi) is 5.04. The standard InChI is InChI=1S/C26H32N2O3/c1-25(2)18-26(11-12-31-25,21-7-4-3-5-8-21)14-24(30)27-15-19-13-20(17-27)22-9-6-10-23(29)28(22)16-19/h3-10,19-20H,11-18H2,1-2H3/t19-,20+,26-/m0/s1. The Bertz CT molecular complexity index is 1030. The number of rotatable bonds is 3. The summed E-state index contributed by atoms with van der Waals surface area (Å²) in [5.41, 5.74) is 1.98. The Hall–Kier alpha value is -2.40. The van der Waals surface area contributed by atoms with Gasteiger partial charge in [0, 0.05) is 55.8 Å². The van der Waals surface area contributed by atoms with Gasteiger partial charge in [-0.25, -0.2) is 0 Å². The van der Waals surface area contributed by atoms with Crippen molar-refractivity contribution in [3.63, 3.8) is 0 Å². The van der Waals surface area contributed by atoms with Crippen molar-refractivity contribution in [1.82, 2.24) is 9.47 Å². The first kappa shape index (κ1) is 20.5. The molecule has 0 spiro atoms. The summed E-state index contributed by atoms with van der Waals surface area (Å²) in [6.07, 6.45) is 3.29. The van der Waals surface area contributed by atoms with Crippen LogP contribution in [0.1, 0.15) is 56.7 Å². The van der Waals surface area contributed by atoms with Gasteiger partial charge in [-0.05, 0) is 50.7 Å². The molecule has 1 amide bonds. The van der Waals surface area contributed by atoms with Crippen molar-refractivity contribution in [2.45, 2.75) is 63.0 Å². The molecule has 3 aliphatic rings. The zero-order valence-corrected chi connectivity index (χ0v) is 18.5. The summed E-state index contributed by atoms with van der Waals surface area (Å²) in [4.78, 5) is 28.1. The molecule has 2 fully saturated rings. The molecule has 1 aromatic heterocycles. The van der Waals surface area contributed by atoms with E-state index in [1.807, 2.05) is 16.7 Å². The molecular weight excluding hydrogens is 388 g/mol. The van der Waals surface area contributed by atoms with Crippen LogP contribution in [-0.2, 0) is 21.5 Å². The fourth-order valence-electron chi connectivity index (χ4n) is 6.27. The molecule has 0 saturated carbocycles. The number of piperidine rings is 1. The molecule has 0 N–H and O–H groups in total. The van der Waals surface area contributed by atoms with Crippen molar-refractivity contribution in [2.75, 3.05) is 19.7 Å². The van der Waals surface area contributed by atoms with Crippen LogP contribution < -0.4 is 5.56 Å². The van der Waals surface area contributed by atoms with Crippen LogP contribution in [0.4, 0.5) is 0 Å². The van der Waals surface area contributed by atoms with Crippen LogP contribution in [0.15, 0.2) is 53.3 Å². The summed E-state index contributed by atoms with van der Waals surface area (Å²) in [6.45, 7) is 7.13. The summed E-state index contributed by atoms with van der Waals surface area (Å²) in [6, 6.07) is 16.1. The van der Waals surface area contributed by atoms with Crippen molar-refractivity contribution in [3.05, 3.63) is 70.1 Å². The molecule has 5 heteroatoms. The van der Waals surface area contributed by atoms with Crippen LogP contribution in [0.2, 0.25) is 0 Å². The minimum atomic E-state index is -0.243. The van der Waals surface area contributed by atoms with E-state index >= 15 is 0 Å². The van der Waals surface area contributed by atoms with E-state index < -0.39 is 0 Å². The fourth-order valence-corrected chi connectivity index (χ4v) is 6.27. The largest absolute Gasteiger partial charge is 0.376 e. The molecule has 31 heavy (non-hydrogen) atoms. The van der Waals surface area contributed by atoms with Gasteiger partial charge in [0.1, 0.15) is 0 Å². The molecule has 5 rings (SSSR count). The molecule has 0 unspecified atom stereocenters. The maximum Gasteiger partial charge on any atom is 0.250 e. The topological polar surface area (TPSA) is 51.5 Å². The minimum absolute atomic E-state index is 0.0828. The Morgan fingerprint density at radius 3 is 2.65 bits per heavy atom. The van der Waals surface area contributed by atoms with Gasteiger partial charge in [-0.1, -0.05) is 36.4 Å². The van der Waals surface area contributed by atoms with E-state index in [1.165, 1.54) is 5.56 Å². The second-order valence-electron chi connectivity index (χ2n) is 10.4. The number of nitrogens with zero attached hydrogens (tertiary/aromatic N) is 2. The van der Waals surface area contributed by atoms with E-state index in [-0.39, 0.29) is 28.4 Å². The van der Waals surface area contributed by atoms with Crippen LogP contribution in [0, 0.1) is 5.92 Å². The Morgan fingerprint density at radius 2 is 1.87 bits per heavy atom. The zero-order valence-electron chi connectivity index (χ0n) is 18.5. The maximum absolute atomic E-state index is 13.7. The number of amides is 1. The van der Waals surface area contributed by atoms with Crippen LogP contribution in [-0.4, -0.2) is 40.7 Å². The first-order valence-corrected chi connectivity index (χ1v) is 11.5. The van der Waals surface area contributed by atoms with Crippen LogP contribution >= 0.6 is 0 Å². The number of carbonyl (C=O) groups is 1. The quantitative estimate of drug-likeness (QED) is 0.761. The van der Waals surface area contributed by atoms with E-state index in [2.05, 4.69) is 49.1 Å². The zero-order chi connectivity index (χ0) is 21.6. The van der Waals surface area contributed by atoms with Crippen LogP contribution in [0.25, 0.3) is 0 Å². The second kappa shape index (κ2) is 7.63. The smallest absolute Gasteiger partial charge is 0.250 e. The Balaban J connectivity index is 1.40. The summed E-state index contributed by atoms with van der Waals surface area (Å²) in [5.74, 6) is 0.848. The highest BCUT2D eigenvalue weighted by Gasteiger charge is 2.45. The molecule has 3 aliphatic heterocycles. The average molecular weight is 421 g/mol. The summed E-state index contributed by atoms with van der Waals surface area (Å²) >= 11 is 0. The number of carbonyl (C=O) groups excluding carboxylic acids is 1. The van der Waals surface area contributed by atoms with Gasteiger partial charge in [0.05, 0.1) is 5.60 Å². The normalized spacial score (nSPS) is 29.3. The lowest BCUT2D eigenvalue weighted by molar-refractivity contribution is -0.139. The third-order valence-corrected chi connectivity index (χ3v) is 7.55. The summed E-state index contributed by atoms with van der Waals surface area (Å²) in [5, 5.41) is 0. The monoisotopic (exact) mass is 420 g/mol. The van der Waals surface area contributed by atoms with E-state index in [1.54, 1.807) is 6.07 Å². The van der Waals surface area contributed by atoms with Gasteiger partial charge in [-0.3, -0.25) is 9.59 Å². The average Bonchev–Trinajstić information content (AvgIpc) is 2.74. The third kappa shape index (κ3) is 3.84. The number of aromatic nitrogens is 1. The van der Waals surface area contributed by atoms with E-state index in [9.17, 15) is 9.59 Å². The third-order valence-electron chi connectivity index (χ3n) is 7.55. The molecule has 2 bridgehead atoms. The van der Waals surface area contributed by atoms with Gasteiger partial charge in [-0.2, -0.15) is 0 Å². The highest BCUT2D eigenvalue weighted by molar-refractivity contribution is 5.78. The number of hydrogen-bond donors (Lipinski definition) is 0. The molecule has 3 atom stereocenters. The van der Waals surface area contributed by atoms with Gasteiger partial charge in [0.2, 0.25) is 5.91 Å². The SMILES string of the molecule is CC1(C)C[C@](CC(=O)N2C[C@@H]3C[C@H](C2)c2cccc(=O)n2C3)(c2ccccc2)CCO1. The number of fused-ring (bicyclic) bond motifs is 4. The first-order chi connectivity index (χ1) is 14.9. The Morgan fingerprint density at radius 1 is 1.06 bits per heavy atom. The van der Waals surface area contributed by atoms with Gasteiger partial charge in [-0.15, -0.1) is 0 Å². The van der Waals surface area contributed by atoms with Gasteiger partial charge in [0.25, 0.3) is 5.56 Å². The van der Waals surface area contributed by atoms with Gasteiger partial charge >= 0.3 is 0 Å². The van der Waals surface area contributed by atoms with E-state index in [0.29, 0.717) is 25.5 Å². The van der Waals surface area contributed by atoms with E-state index in [4.69, 9.17) is 4.74 Å². The molecule has 2 aromatic rings. The van der Waals surface area contributed by atoms with Crippen LogP contribution in [0.3, 0.4) is 0 Å². The lowest BCUT2D eigenvalue weighted by Crippen LogP contribution is -2.52. The number of hydrogen-bond acceptors (Lipinski definition) is 3. The predicted octanol–water partition coefficient (Wildman–Crippen LogP) is 3.71. The molecule has 2 saturated heterocycles. The highest BCUT2D eigenvalue weighted by Crippen LogP contribution is 2.45. The first-order valence-electron chi connectivity index (χ1n) is 11.5. The minimum Gasteiger partial charge on any atom is -0.376 e. The number of likely N-dealkylation sites (tertiary alicyclic amines) is 1. The van der Waals surface area contributed by atoms with Crippen molar-refractivity contribution >= 4 is 5.91 Å². The highest BCUT2D eigenvalue weighted by atomic mass is 16.5. The number of benzene rings is 1. The molecular formula is C26H32N2O3. The summed E-state index contributed by atoms with van der Waals surface area (Å²) < 4.78 is 7.95. The van der Waals surface area contributed by atoms with Gasteiger partial charge < -0.3 is 14.2 Å². The fraction of sp³-hybridized carbons (Fsp3) is 0.538. The van der Waals surface area contributed by atoms with Gasteiger partial charge in [0.15, 0.2) is 0 Å². The lowest BCUT2D eigenvalue weighted by atomic mass is 9.67. The summed E-state index contributed by atoms with van der Waals surface area (Å²) in [7, 11) is 0. The molecule has 0 radical (unpaired) electrons. The van der Waals surface area contributed by atoms with Crippen molar-refractivity contribution in [2.24, 2.45) is 5.92 Å². The second-order valence-corrected chi connectivity index (χ2v) is 10.4. The lowest BCUT2D eigenvalue weighted by Gasteiger charge is -2.47. The van der Waals surface area contributed by atoms with Crippen LogP contribution in [0.5, 0.6) is 0 Å². The Labute approximate surface area is 184 Å². The predicted molar refractivity (Wildman–Crippen MR) is 120 cm³/mol. The number of pyridine rings is 1. The molecule has 4 heterocycles. The molecule has 0 aliphatic carbocycles. The molecule has 5 nitrogen and oxygen atoms in total.